The van der Waals surface area contributed by atoms with Crippen LogP contribution in [0.15, 0.2) is 18.2 Å². The summed E-state index contributed by atoms with van der Waals surface area (Å²) < 4.78 is 2.24. The molecule has 0 aliphatic rings. The van der Waals surface area contributed by atoms with E-state index in [9.17, 15) is 0 Å². The lowest BCUT2D eigenvalue weighted by Gasteiger charge is -1.99. The van der Waals surface area contributed by atoms with Crippen molar-refractivity contribution in [2.45, 2.75) is 20.3 Å². The number of benzene rings is 1. The Bertz CT molecular complexity index is 676. The van der Waals surface area contributed by atoms with Crippen molar-refractivity contribution in [2.75, 3.05) is 0 Å². The second kappa shape index (κ2) is 3.32. The van der Waals surface area contributed by atoms with Crippen LogP contribution in [0.3, 0.4) is 0 Å². The summed E-state index contributed by atoms with van der Waals surface area (Å²) in [7, 11) is 2.12. The quantitative estimate of drug-likeness (QED) is 0.624. The molecule has 0 saturated heterocycles. The second-order valence-electron chi connectivity index (χ2n) is 4.15. The number of hydrogen-bond acceptors (Lipinski definition) is 2. The van der Waals surface area contributed by atoms with Crippen LogP contribution in [0.25, 0.3) is 21.3 Å². The van der Waals surface area contributed by atoms with Crippen LogP contribution in [0.2, 0.25) is 0 Å². The van der Waals surface area contributed by atoms with Crippen LogP contribution in [-0.4, -0.2) is 9.55 Å². The van der Waals surface area contributed by atoms with E-state index in [-0.39, 0.29) is 0 Å². The smallest absolute Gasteiger partial charge is 0.124 e. The fourth-order valence-electron chi connectivity index (χ4n) is 2.21. The number of thiazole rings is 1. The number of rotatable bonds is 1. The molecule has 0 bridgehead atoms. The van der Waals surface area contributed by atoms with Crippen LogP contribution in [0, 0.1) is 6.92 Å². The molecule has 0 amide bonds. The number of hydrogen-bond donors (Lipinski definition) is 0. The zero-order valence-electron chi connectivity index (χ0n) is 9.74. The third-order valence-corrected chi connectivity index (χ3v) is 4.15. The predicted molar refractivity (Wildman–Crippen MR) is 70.2 cm³/mol. The molecule has 1 aromatic carbocycles. The highest BCUT2D eigenvalue weighted by atomic mass is 32.1. The molecule has 0 spiro atoms. The first-order valence-electron chi connectivity index (χ1n) is 5.55. The van der Waals surface area contributed by atoms with Crippen LogP contribution in [0.4, 0.5) is 0 Å². The van der Waals surface area contributed by atoms with Gasteiger partial charge in [-0.25, -0.2) is 4.98 Å². The highest BCUT2D eigenvalue weighted by Crippen LogP contribution is 2.32. The topological polar surface area (TPSA) is 17.8 Å². The molecule has 3 heteroatoms. The minimum Gasteiger partial charge on any atom is -0.334 e. The number of aryl methyl sites for hydroxylation is 3. The number of fused-ring (bicyclic) bond motifs is 3. The summed E-state index contributed by atoms with van der Waals surface area (Å²) in [6, 6.07) is 6.69. The van der Waals surface area contributed by atoms with Crippen LogP contribution >= 0.6 is 11.3 Å². The van der Waals surface area contributed by atoms with E-state index in [1.807, 2.05) is 0 Å². The van der Waals surface area contributed by atoms with Crippen molar-refractivity contribution >= 4 is 32.6 Å². The summed E-state index contributed by atoms with van der Waals surface area (Å²) in [6.45, 7) is 4.26. The number of aromatic nitrogens is 2. The lowest BCUT2D eigenvalue weighted by Crippen LogP contribution is -1.85. The van der Waals surface area contributed by atoms with Crippen LogP contribution in [0.5, 0.6) is 0 Å². The van der Waals surface area contributed by atoms with Gasteiger partial charge in [0.05, 0.1) is 10.5 Å². The third kappa shape index (κ3) is 1.21. The summed E-state index contributed by atoms with van der Waals surface area (Å²) in [4.78, 5) is 5.91. The molecule has 2 heterocycles. The summed E-state index contributed by atoms with van der Waals surface area (Å²) in [6.07, 6.45) is 1.08. The van der Waals surface area contributed by atoms with Gasteiger partial charge in [-0.1, -0.05) is 13.0 Å². The normalized spacial score (nSPS) is 11.7. The van der Waals surface area contributed by atoms with Crippen LogP contribution in [-0.2, 0) is 13.5 Å². The second-order valence-corrected chi connectivity index (χ2v) is 5.33. The van der Waals surface area contributed by atoms with E-state index in [4.69, 9.17) is 0 Å². The molecule has 0 unspecified atom stereocenters. The zero-order valence-corrected chi connectivity index (χ0v) is 10.6. The van der Waals surface area contributed by atoms with Crippen molar-refractivity contribution < 1.29 is 0 Å². The lowest BCUT2D eigenvalue weighted by molar-refractivity contribution is 1.02. The summed E-state index contributed by atoms with van der Waals surface area (Å²) in [5.74, 6) is 0. The van der Waals surface area contributed by atoms with Gasteiger partial charge >= 0.3 is 0 Å². The highest BCUT2D eigenvalue weighted by Gasteiger charge is 2.12. The molecule has 2 nitrogen and oxygen atoms in total. The Hall–Kier alpha value is -1.35. The number of nitrogens with zero attached hydrogens (tertiary/aromatic N) is 2. The van der Waals surface area contributed by atoms with Crippen molar-refractivity contribution in [3.05, 3.63) is 28.8 Å². The minimum absolute atomic E-state index is 1.08. The molecule has 3 aromatic rings. The lowest BCUT2D eigenvalue weighted by atomic mass is 10.1. The Morgan fingerprint density at radius 2 is 2.19 bits per heavy atom. The van der Waals surface area contributed by atoms with Gasteiger partial charge in [0.15, 0.2) is 0 Å². The Balaban J connectivity index is 2.49. The first kappa shape index (κ1) is 9.85. The highest BCUT2D eigenvalue weighted by molar-refractivity contribution is 7.18. The maximum Gasteiger partial charge on any atom is 0.124 e. The fraction of sp³-hybridized carbons (Fsp3) is 0.308. The standard InChI is InChI=1S/C13H14N2S/c1-4-9-5-6-11-10(7-9)12-13(15(11)3)16-8(2)14-12/h5-7H,4H2,1-3H3. The van der Waals surface area contributed by atoms with Crippen molar-refractivity contribution in [1.29, 1.82) is 0 Å². The molecule has 16 heavy (non-hydrogen) atoms. The molecule has 0 atom stereocenters. The summed E-state index contributed by atoms with van der Waals surface area (Å²) >= 11 is 1.77. The van der Waals surface area contributed by atoms with Gasteiger partial charge in [0.25, 0.3) is 0 Å². The van der Waals surface area contributed by atoms with E-state index in [0.29, 0.717) is 0 Å². The molecule has 0 radical (unpaired) electrons. The van der Waals surface area contributed by atoms with Gasteiger partial charge in [-0.2, -0.15) is 0 Å². The van der Waals surface area contributed by atoms with Crippen molar-refractivity contribution in [3.8, 4) is 0 Å². The first-order chi connectivity index (χ1) is 7.70. The van der Waals surface area contributed by atoms with Crippen LogP contribution in [0.1, 0.15) is 17.5 Å². The Kier molecular flexibility index (Phi) is 2.04. The van der Waals surface area contributed by atoms with E-state index < -0.39 is 0 Å². The van der Waals surface area contributed by atoms with Gasteiger partial charge in [0, 0.05) is 12.4 Å². The van der Waals surface area contributed by atoms with Gasteiger partial charge in [-0.05, 0) is 31.0 Å². The minimum atomic E-state index is 1.08. The largest absolute Gasteiger partial charge is 0.334 e. The van der Waals surface area contributed by atoms with Crippen molar-refractivity contribution in [1.82, 2.24) is 9.55 Å². The van der Waals surface area contributed by atoms with E-state index in [1.165, 1.54) is 21.3 Å². The molecule has 0 aliphatic heterocycles. The maximum absolute atomic E-state index is 4.64. The molecular weight excluding hydrogens is 216 g/mol. The average Bonchev–Trinajstić information content (AvgIpc) is 2.78. The average molecular weight is 230 g/mol. The molecule has 0 N–H and O–H groups in total. The summed E-state index contributed by atoms with van der Waals surface area (Å²) in [5, 5.41) is 2.44. The van der Waals surface area contributed by atoms with E-state index in [0.717, 1.165) is 16.9 Å². The molecule has 0 saturated carbocycles. The van der Waals surface area contributed by atoms with Gasteiger partial charge in [0.2, 0.25) is 0 Å². The molecule has 0 aliphatic carbocycles. The van der Waals surface area contributed by atoms with Gasteiger partial charge in [-0.15, -0.1) is 11.3 Å². The Morgan fingerprint density at radius 1 is 1.38 bits per heavy atom. The predicted octanol–water partition coefficient (Wildman–Crippen LogP) is 3.66. The fourth-order valence-corrected chi connectivity index (χ4v) is 3.12. The molecule has 82 valence electrons. The van der Waals surface area contributed by atoms with E-state index in [2.05, 4.69) is 48.6 Å². The Labute approximate surface area is 98.5 Å². The van der Waals surface area contributed by atoms with Crippen LogP contribution < -0.4 is 0 Å². The van der Waals surface area contributed by atoms with E-state index >= 15 is 0 Å². The Morgan fingerprint density at radius 3 is 2.94 bits per heavy atom. The first-order valence-corrected chi connectivity index (χ1v) is 6.37. The third-order valence-electron chi connectivity index (χ3n) is 3.11. The van der Waals surface area contributed by atoms with Gasteiger partial charge in [-0.3, -0.25) is 0 Å². The molecule has 0 fully saturated rings. The zero-order chi connectivity index (χ0) is 11.3. The molecule has 2 aromatic heterocycles. The van der Waals surface area contributed by atoms with Gasteiger partial charge < -0.3 is 4.57 Å². The molecule has 3 rings (SSSR count). The SMILES string of the molecule is CCc1ccc2c(c1)c1nc(C)sc1n2C. The summed E-state index contributed by atoms with van der Waals surface area (Å²) in [5.41, 5.74) is 3.83. The van der Waals surface area contributed by atoms with E-state index in [1.54, 1.807) is 11.3 Å². The molecular formula is C13H14N2S. The van der Waals surface area contributed by atoms with Crippen molar-refractivity contribution in [3.63, 3.8) is 0 Å². The van der Waals surface area contributed by atoms with Gasteiger partial charge in [0.1, 0.15) is 10.3 Å². The monoisotopic (exact) mass is 230 g/mol. The van der Waals surface area contributed by atoms with Crippen molar-refractivity contribution in [2.24, 2.45) is 7.05 Å². The maximum atomic E-state index is 4.64.